The molecule has 2 aromatic carbocycles. The Labute approximate surface area is 153 Å². The third kappa shape index (κ3) is 4.93. The zero-order valence-corrected chi connectivity index (χ0v) is 17.1. The average Bonchev–Trinajstić information content (AvgIpc) is 2.52. The van der Waals surface area contributed by atoms with Crippen molar-refractivity contribution in [1.29, 1.82) is 0 Å². The Bertz CT molecular complexity index is 673. The lowest BCUT2D eigenvalue weighted by Crippen LogP contribution is -2.54. The fourth-order valence-electron chi connectivity index (χ4n) is 3.18. The first-order valence-electron chi connectivity index (χ1n) is 9.07. The molecule has 0 unspecified atom stereocenters. The molecule has 25 heavy (non-hydrogen) atoms. The molecule has 0 spiro atoms. The van der Waals surface area contributed by atoms with Crippen LogP contribution in [0.1, 0.15) is 61.0 Å². The van der Waals surface area contributed by atoms with E-state index in [1.807, 2.05) is 6.07 Å². The molecule has 2 nitrogen and oxygen atoms in total. The van der Waals surface area contributed by atoms with Gasteiger partial charge in [-0.25, -0.2) is 0 Å². The summed E-state index contributed by atoms with van der Waals surface area (Å²) in [5.74, 6) is 0. The molecule has 0 heterocycles. The Morgan fingerprint density at radius 2 is 1.12 bits per heavy atom. The fourth-order valence-corrected chi connectivity index (χ4v) is 3.18. The lowest BCUT2D eigenvalue weighted by molar-refractivity contribution is -0.313. The van der Waals surface area contributed by atoms with Crippen LogP contribution in [0.4, 0.5) is 0 Å². The van der Waals surface area contributed by atoms with Crippen molar-refractivity contribution < 1.29 is 4.84 Å². The van der Waals surface area contributed by atoms with Gasteiger partial charge in [-0.1, -0.05) is 54.6 Å². The summed E-state index contributed by atoms with van der Waals surface area (Å²) in [5, 5.41) is 2.14. The van der Waals surface area contributed by atoms with Gasteiger partial charge < -0.3 is 0 Å². The number of rotatable bonds is 4. The SMILES string of the molecule is CC(C)(C)ON(C(C)(C)C)C(C)(C)c1ccc(-c2ccccc2)cc1. The molecule has 0 radical (unpaired) electrons. The lowest BCUT2D eigenvalue weighted by Gasteiger charge is -2.48. The summed E-state index contributed by atoms with van der Waals surface area (Å²) in [6, 6.07) is 19.3. The predicted molar refractivity (Wildman–Crippen MR) is 107 cm³/mol. The summed E-state index contributed by atoms with van der Waals surface area (Å²) in [6.07, 6.45) is 0. The Morgan fingerprint density at radius 3 is 1.56 bits per heavy atom. The van der Waals surface area contributed by atoms with Gasteiger partial charge >= 0.3 is 0 Å². The van der Waals surface area contributed by atoms with Crippen molar-refractivity contribution in [2.24, 2.45) is 0 Å². The van der Waals surface area contributed by atoms with Crippen molar-refractivity contribution in [1.82, 2.24) is 5.06 Å². The van der Waals surface area contributed by atoms with Crippen LogP contribution in [0.25, 0.3) is 11.1 Å². The molecule has 0 saturated heterocycles. The van der Waals surface area contributed by atoms with Crippen LogP contribution in [0.5, 0.6) is 0 Å². The first-order valence-corrected chi connectivity index (χ1v) is 9.07. The number of hydrogen-bond acceptors (Lipinski definition) is 2. The molecule has 0 atom stereocenters. The summed E-state index contributed by atoms with van der Waals surface area (Å²) >= 11 is 0. The minimum atomic E-state index is -0.249. The maximum Gasteiger partial charge on any atom is 0.0816 e. The van der Waals surface area contributed by atoms with E-state index in [1.165, 1.54) is 16.7 Å². The zero-order chi connectivity index (χ0) is 18.9. The first kappa shape index (κ1) is 19.7. The molecule has 0 aliphatic carbocycles. The van der Waals surface area contributed by atoms with Crippen LogP contribution in [-0.4, -0.2) is 16.2 Å². The second-order valence-electron chi connectivity index (χ2n) is 9.17. The summed E-state index contributed by atoms with van der Waals surface area (Å²) in [6.45, 7) is 17.3. The van der Waals surface area contributed by atoms with Crippen LogP contribution in [0, 0.1) is 0 Å². The van der Waals surface area contributed by atoms with Crippen molar-refractivity contribution in [3.63, 3.8) is 0 Å². The van der Waals surface area contributed by atoms with Crippen molar-refractivity contribution >= 4 is 0 Å². The highest BCUT2D eigenvalue weighted by Gasteiger charge is 2.39. The second-order valence-corrected chi connectivity index (χ2v) is 9.17. The highest BCUT2D eigenvalue weighted by molar-refractivity contribution is 5.63. The van der Waals surface area contributed by atoms with Gasteiger partial charge in [0.25, 0.3) is 0 Å². The minimum absolute atomic E-state index is 0.116. The smallest absolute Gasteiger partial charge is 0.0816 e. The molecule has 2 rings (SSSR count). The third-order valence-electron chi connectivity index (χ3n) is 4.18. The van der Waals surface area contributed by atoms with Gasteiger partial charge in [-0.05, 0) is 72.1 Å². The predicted octanol–water partition coefficient (Wildman–Crippen LogP) is 6.42. The summed E-state index contributed by atoms with van der Waals surface area (Å²) in [4.78, 5) is 6.37. The topological polar surface area (TPSA) is 12.5 Å². The number of nitrogens with zero attached hydrogens (tertiary/aromatic N) is 1. The van der Waals surface area contributed by atoms with Crippen LogP contribution in [0.2, 0.25) is 0 Å². The molecule has 0 amide bonds. The van der Waals surface area contributed by atoms with Crippen molar-refractivity contribution in [3.8, 4) is 11.1 Å². The molecular formula is C23H33NO. The minimum Gasteiger partial charge on any atom is -0.292 e. The van der Waals surface area contributed by atoms with Crippen LogP contribution in [-0.2, 0) is 10.4 Å². The van der Waals surface area contributed by atoms with Gasteiger partial charge in [0, 0.05) is 5.54 Å². The van der Waals surface area contributed by atoms with E-state index in [9.17, 15) is 0 Å². The van der Waals surface area contributed by atoms with Crippen LogP contribution >= 0.6 is 0 Å². The fraction of sp³-hybridized carbons (Fsp3) is 0.478. The molecular weight excluding hydrogens is 306 g/mol. The molecule has 0 fully saturated rings. The highest BCUT2D eigenvalue weighted by Crippen LogP contribution is 2.37. The van der Waals surface area contributed by atoms with Gasteiger partial charge in [0.1, 0.15) is 0 Å². The van der Waals surface area contributed by atoms with Gasteiger partial charge in [-0.2, -0.15) is 5.06 Å². The molecule has 0 aliphatic rings. The van der Waals surface area contributed by atoms with E-state index in [0.29, 0.717) is 0 Å². The van der Waals surface area contributed by atoms with E-state index in [2.05, 4.69) is 109 Å². The molecule has 0 N–H and O–H groups in total. The summed E-state index contributed by atoms with van der Waals surface area (Å²) in [5.41, 5.74) is 3.11. The number of hydrogen-bond donors (Lipinski definition) is 0. The van der Waals surface area contributed by atoms with Crippen LogP contribution < -0.4 is 0 Å². The number of hydroxylamine groups is 2. The first-order chi connectivity index (χ1) is 11.4. The van der Waals surface area contributed by atoms with E-state index < -0.39 is 0 Å². The van der Waals surface area contributed by atoms with E-state index >= 15 is 0 Å². The second kappa shape index (κ2) is 6.93. The largest absolute Gasteiger partial charge is 0.292 e. The van der Waals surface area contributed by atoms with Gasteiger partial charge in [-0.15, -0.1) is 0 Å². The standard InChI is InChI=1S/C23H33NO/c1-21(2,3)24(25-22(4,5)6)23(7,8)20-16-14-19(15-17-20)18-12-10-9-11-13-18/h9-17H,1-8H3. The molecule has 2 aromatic rings. The zero-order valence-electron chi connectivity index (χ0n) is 17.1. The summed E-state index contributed by atoms with van der Waals surface area (Å²) in [7, 11) is 0. The quantitative estimate of drug-likeness (QED) is 0.596. The lowest BCUT2D eigenvalue weighted by atomic mass is 9.89. The van der Waals surface area contributed by atoms with Gasteiger partial charge in [0.05, 0.1) is 11.1 Å². The van der Waals surface area contributed by atoms with E-state index in [0.717, 1.165) is 0 Å². The van der Waals surface area contributed by atoms with E-state index in [1.54, 1.807) is 0 Å². The van der Waals surface area contributed by atoms with Crippen molar-refractivity contribution in [2.75, 3.05) is 0 Å². The van der Waals surface area contributed by atoms with Gasteiger partial charge in [0.2, 0.25) is 0 Å². The molecule has 0 aromatic heterocycles. The van der Waals surface area contributed by atoms with Gasteiger partial charge in [-0.3, -0.25) is 4.84 Å². The normalized spacial score (nSPS) is 13.3. The highest BCUT2D eigenvalue weighted by atomic mass is 16.7. The average molecular weight is 340 g/mol. The molecule has 0 bridgehead atoms. The third-order valence-corrected chi connectivity index (χ3v) is 4.18. The monoisotopic (exact) mass is 339 g/mol. The van der Waals surface area contributed by atoms with Crippen LogP contribution in [0.3, 0.4) is 0 Å². The summed E-state index contributed by atoms with van der Waals surface area (Å²) < 4.78 is 0. The molecule has 0 aliphatic heterocycles. The van der Waals surface area contributed by atoms with Crippen LogP contribution in [0.15, 0.2) is 54.6 Å². The van der Waals surface area contributed by atoms with Gasteiger partial charge in [0.15, 0.2) is 0 Å². The Morgan fingerprint density at radius 1 is 0.640 bits per heavy atom. The van der Waals surface area contributed by atoms with E-state index in [-0.39, 0.29) is 16.7 Å². The maximum atomic E-state index is 6.37. The molecule has 136 valence electrons. The van der Waals surface area contributed by atoms with Crippen molar-refractivity contribution in [2.45, 2.75) is 72.1 Å². The molecule has 0 saturated carbocycles. The Hall–Kier alpha value is -1.64. The number of benzene rings is 2. The Kier molecular flexibility index (Phi) is 5.46. The van der Waals surface area contributed by atoms with Crippen molar-refractivity contribution in [3.05, 3.63) is 60.2 Å². The molecule has 2 heteroatoms. The Balaban J connectivity index is 2.36. The maximum absolute atomic E-state index is 6.37. The van der Waals surface area contributed by atoms with E-state index in [4.69, 9.17) is 4.84 Å².